The first-order valence-electron chi connectivity index (χ1n) is 6.88. The van der Waals surface area contributed by atoms with E-state index in [2.05, 4.69) is 5.32 Å². The van der Waals surface area contributed by atoms with Crippen molar-refractivity contribution < 1.29 is 18.9 Å². The fourth-order valence-electron chi connectivity index (χ4n) is 2.40. The molecule has 0 aromatic heterocycles. The van der Waals surface area contributed by atoms with Gasteiger partial charge in [0.15, 0.2) is 0 Å². The van der Waals surface area contributed by atoms with Crippen molar-refractivity contribution in [1.29, 1.82) is 0 Å². The maximum Gasteiger partial charge on any atom is 0.130 e. The van der Waals surface area contributed by atoms with E-state index >= 15 is 0 Å². The smallest absolute Gasteiger partial charge is 0.130 e. The van der Waals surface area contributed by atoms with Crippen molar-refractivity contribution in [2.45, 2.75) is 25.4 Å². The summed E-state index contributed by atoms with van der Waals surface area (Å²) in [7, 11) is 4.95. The molecule has 0 saturated carbocycles. The Balaban J connectivity index is 2.11. The molecule has 1 N–H and O–H groups in total. The molecule has 0 bridgehead atoms. The third-order valence-corrected chi connectivity index (χ3v) is 3.61. The van der Waals surface area contributed by atoms with Crippen molar-refractivity contribution in [2.75, 3.05) is 34.5 Å². The van der Waals surface area contributed by atoms with Gasteiger partial charge in [0.1, 0.15) is 17.2 Å². The summed E-state index contributed by atoms with van der Waals surface area (Å²) in [6.07, 6.45) is 2.08. The van der Waals surface area contributed by atoms with Gasteiger partial charge in [-0.2, -0.15) is 0 Å². The van der Waals surface area contributed by atoms with Gasteiger partial charge < -0.3 is 24.3 Å². The molecule has 1 fully saturated rings. The SMILES string of the molecule is COc1cc(OC)c(CNC2CCOCC2)c(OC)c1. The molecule has 5 nitrogen and oxygen atoms in total. The topological polar surface area (TPSA) is 49.0 Å². The highest BCUT2D eigenvalue weighted by molar-refractivity contribution is 5.50. The molecular weight excluding hydrogens is 258 g/mol. The van der Waals surface area contributed by atoms with E-state index in [0.717, 1.165) is 48.9 Å². The first-order valence-corrected chi connectivity index (χ1v) is 6.88. The van der Waals surface area contributed by atoms with Crippen molar-refractivity contribution in [3.63, 3.8) is 0 Å². The van der Waals surface area contributed by atoms with Crippen LogP contribution >= 0.6 is 0 Å². The summed E-state index contributed by atoms with van der Waals surface area (Å²) in [6.45, 7) is 2.37. The summed E-state index contributed by atoms with van der Waals surface area (Å²) in [4.78, 5) is 0. The number of nitrogens with one attached hydrogen (secondary N) is 1. The van der Waals surface area contributed by atoms with E-state index in [9.17, 15) is 0 Å². The van der Waals surface area contributed by atoms with Crippen molar-refractivity contribution in [1.82, 2.24) is 5.32 Å². The summed E-state index contributed by atoms with van der Waals surface area (Å²) in [5.41, 5.74) is 1.02. The van der Waals surface area contributed by atoms with Crippen LogP contribution < -0.4 is 19.5 Å². The predicted molar refractivity (Wildman–Crippen MR) is 76.8 cm³/mol. The Kier molecular flexibility index (Phi) is 5.49. The monoisotopic (exact) mass is 281 g/mol. The largest absolute Gasteiger partial charge is 0.496 e. The molecule has 112 valence electrons. The second-order valence-electron chi connectivity index (χ2n) is 4.78. The predicted octanol–water partition coefficient (Wildman–Crippen LogP) is 1.98. The molecule has 0 radical (unpaired) electrons. The van der Waals surface area contributed by atoms with Crippen LogP contribution in [0.4, 0.5) is 0 Å². The zero-order valence-electron chi connectivity index (χ0n) is 12.4. The molecule has 1 aliphatic heterocycles. The maximum atomic E-state index is 5.45. The van der Waals surface area contributed by atoms with Crippen molar-refractivity contribution in [3.05, 3.63) is 17.7 Å². The van der Waals surface area contributed by atoms with Gasteiger partial charge in [0.05, 0.1) is 26.9 Å². The van der Waals surface area contributed by atoms with Gasteiger partial charge in [-0.1, -0.05) is 0 Å². The first kappa shape index (κ1) is 14.9. The summed E-state index contributed by atoms with van der Waals surface area (Å²) in [5, 5.41) is 3.54. The Labute approximate surface area is 120 Å². The molecular formula is C15H23NO4. The molecule has 1 saturated heterocycles. The van der Waals surface area contributed by atoms with Gasteiger partial charge in [-0.15, -0.1) is 0 Å². The Morgan fingerprint density at radius 3 is 2.15 bits per heavy atom. The minimum absolute atomic E-state index is 0.486. The van der Waals surface area contributed by atoms with Crippen molar-refractivity contribution >= 4 is 0 Å². The van der Waals surface area contributed by atoms with Gasteiger partial charge in [0.2, 0.25) is 0 Å². The van der Waals surface area contributed by atoms with Gasteiger partial charge in [-0.05, 0) is 12.8 Å². The van der Waals surface area contributed by atoms with Crippen LogP contribution in [-0.2, 0) is 11.3 Å². The van der Waals surface area contributed by atoms with E-state index < -0.39 is 0 Å². The molecule has 1 aromatic carbocycles. The first-order chi connectivity index (χ1) is 9.78. The molecule has 1 aromatic rings. The highest BCUT2D eigenvalue weighted by Gasteiger charge is 2.17. The minimum atomic E-state index is 0.486. The Morgan fingerprint density at radius 1 is 1.05 bits per heavy atom. The van der Waals surface area contributed by atoms with Crippen LogP contribution in [-0.4, -0.2) is 40.6 Å². The number of hydrogen-bond acceptors (Lipinski definition) is 5. The maximum absolute atomic E-state index is 5.45. The highest BCUT2D eigenvalue weighted by Crippen LogP contribution is 2.34. The van der Waals surface area contributed by atoms with Gasteiger partial charge in [-0.25, -0.2) is 0 Å². The second kappa shape index (κ2) is 7.36. The zero-order chi connectivity index (χ0) is 14.4. The minimum Gasteiger partial charge on any atom is -0.496 e. The molecule has 20 heavy (non-hydrogen) atoms. The van der Waals surface area contributed by atoms with Crippen molar-refractivity contribution in [3.8, 4) is 17.2 Å². The molecule has 0 amide bonds. The van der Waals surface area contributed by atoms with E-state index in [1.54, 1.807) is 21.3 Å². The second-order valence-corrected chi connectivity index (χ2v) is 4.78. The van der Waals surface area contributed by atoms with E-state index in [1.807, 2.05) is 12.1 Å². The fourth-order valence-corrected chi connectivity index (χ4v) is 2.40. The van der Waals surface area contributed by atoms with Gasteiger partial charge in [-0.3, -0.25) is 0 Å². The summed E-state index contributed by atoms with van der Waals surface area (Å²) >= 11 is 0. The van der Waals surface area contributed by atoms with Gasteiger partial charge in [0.25, 0.3) is 0 Å². The van der Waals surface area contributed by atoms with Crippen molar-refractivity contribution in [2.24, 2.45) is 0 Å². The third kappa shape index (κ3) is 3.55. The molecule has 5 heteroatoms. The quantitative estimate of drug-likeness (QED) is 0.864. The van der Waals surface area contributed by atoms with Crippen LogP contribution in [0.5, 0.6) is 17.2 Å². The molecule has 0 spiro atoms. The van der Waals surface area contributed by atoms with E-state index in [4.69, 9.17) is 18.9 Å². The number of benzene rings is 1. The molecule has 0 unspecified atom stereocenters. The highest BCUT2D eigenvalue weighted by atomic mass is 16.5. The zero-order valence-corrected chi connectivity index (χ0v) is 12.4. The van der Waals surface area contributed by atoms with Crippen LogP contribution in [0.2, 0.25) is 0 Å². The van der Waals surface area contributed by atoms with E-state index in [-0.39, 0.29) is 0 Å². The lowest BCUT2D eigenvalue weighted by Crippen LogP contribution is -2.34. The van der Waals surface area contributed by atoms with Crippen LogP contribution in [0.25, 0.3) is 0 Å². The lowest BCUT2D eigenvalue weighted by atomic mass is 10.1. The number of methoxy groups -OCH3 is 3. The fraction of sp³-hybridized carbons (Fsp3) is 0.600. The lowest BCUT2D eigenvalue weighted by Gasteiger charge is -2.24. The Bertz CT molecular complexity index is 405. The van der Waals surface area contributed by atoms with Crippen LogP contribution in [0, 0.1) is 0 Å². The summed E-state index contributed by atoms with van der Waals surface area (Å²) < 4.78 is 21.5. The average molecular weight is 281 g/mol. The molecule has 1 heterocycles. The standard InChI is InChI=1S/C15H23NO4/c1-17-12-8-14(18-2)13(15(9-12)19-3)10-16-11-4-6-20-7-5-11/h8-9,11,16H,4-7,10H2,1-3H3. The Hall–Kier alpha value is -1.46. The molecule has 0 atom stereocenters. The molecule has 1 aliphatic rings. The average Bonchev–Trinajstić information content (AvgIpc) is 2.52. The van der Waals surface area contributed by atoms with Gasteiger partial charge >= 0.3 is 0 Å². The lowest BCUT2D eigenvalue weighted by molar-refractivity contribution is 0.0775. The number of rotatable bonds is 6. The number of hydrogen-bond donors (Lipinski definition) is 1. The molecule has 0 aliphatic carbocycles. The number of ether oxygens (including phenoxy) is 4. The molecule has 2 rings (SSSR count). The Morgan fingerprint density at radius 2 is 1.65 bits per heavy atom. The van der Waals surface area contributed by atoms with Crippen LogP contribution in [0.1, 0.15) is 18.4 Å². The van der Waals surface area contributed by atoms with E-state index in [1.165, 1.54) is 0 Å². The normalized spacial score (nSPS) is 15.9. The van der Waals surface area contributed by atoms with Crippen LogP contribution in [0.3, 0.4) is 0 Å². The summed E-state index contributed by atoms with van der Waals surface area (Å²) in [5.74, 6) is 2.29. The summed E-state index contributed by atoms with van der Waals surface area (Å²) in [6, 6.07) is 4.24. The van der Waals surface area contributed by atoms with E-state index in [0.29, 0.717) is 12.6 Å². The van der Waals surface area contributed by atoms with Gasteiger partial charge in [0, 0.05) is 37.9 Å². The third-order valence-electron chi connectivity index (χ3n) is 3.61. The van der Waals surface area contributed by atoms with Crippen LogP contribution in [0.15, 0.2) is 12.1 Å².